The highest BCUT2D eigenvalue weighted by Crippen LogP contribution is 2.32. The minimum atomic E-state index is -0.0120. The van der Waals surface area contributed by atoms with Crippen molar-refractivity contribution in [3.8, 4) is 11.5 Å². The highest BCUT2D eigenvalue weighted by molar-refractivity contribution is 5.99. The minimum absolute atomic E-state index is 0.00179. The van der Waals surface area contributed by atoms with Gasteiger partial charge < -0.3 is 19.2 Å². The minimum Gasteiger partial charge on any atom is -0.454 e. The van der Waals surface area contributed by atoms with Crippen molar-refractivity contribution in [3.05, 3.63) is 23.8 Å². The SMILES string of the molecule is C/C(=N\OCC(=O)N1CCCCC1)c1ccc2c(c1)OCO2. The lowest BCUT2D eigenvalue weighted by molar-refractivity contribution is -0.137. The van der Waals surface area contributed by atoms with Gasteiger partial charge in [0.15, 0.2) is 18.1 Å². The lowest BCUT2D eigenvalue weighted by Gasteiger charge is -2.26. The number of piperidine rings is 1. The van der Waals surface area contributed by atoms with Crippen molar-refractivity contribution in [1.82, 2.24) is 4.90 Å². The lowest BCUT2D eigenvalue weighted by atomic mass is 10.1. The van der Waals surface area contributed by atoms with Gasteiger partial charge >= 0.3 is 0 Å². The normalized spacial score (nSPS) is 17.5. The molecule has 0 aliphatic carbocycles. The van der Waals surface area contributed by atoms with Gasteiger partial charge in [-0.25, -0.2) is 0 Å². The molecule has 1 aromatic carbocycles. The molecule has 0 bridgehead atoms. The third-order valence-corrected chi connectivity index (χ3v) is 3.89. The van der Waals surface area contributed by atoms with Crippen LogP contribution in [0.5, 0.6) is 11.5 Å². The molecule has 0 saturated carbocycles. The first-order valence-corrected chi connectivity index (χ1v) is 7.58. The molecule has 0 spiro atoms. The van der Waals surface area contributed by atoms with Gasteiger partial charge in [0, 0.05) is 18.7 Å². The van der Waals surface area contributed by atoms with Crippen LogP contribution < -0.4 is 9.47 Å². The second kappa shape index (κ2) is 6.68. The summed E-state index contributed by atoms with van der Waals surface area (Å²) in [6, 6.07) is 5.59. The number of hydrogen-bond donors (Lipinski definition) is 0. The van der Waals surface area contributed by atoms with Crippen molar-refractivity contribution in [2.45, 2.75) is 26.2 Å². The first-order chi connectivity index (χ1) is 10.7. The molecule has 2 heterocycles. The van der Waals surface area contributed by atoms with Gasteiger partial charge in [0.25, 0.3) is 5.91 Å². The molecule has 1 aromatic rings. The van der Waals surface area contributed by atoms with Crippen molar-refractivity contribution < 1.29 is 19.1 Å². The molecule has 2 aliphatic rings. The van der Waals surface area contributed by atoms with Crippen LogP contribution in [0.15, 0.2) is 23.4 Å². The number of hydrogen-bond acceptors (Lipinski definition) is 5. The van der Waals surface area contributed by atoms with Crippen LogP contribution in [0, 0.1) is 0 Å². The second-order valence-electron chi connectivity index (χ2n) is 5.46. The molecule has 1 saturated heterocycles. The predicted octanol–water partition coefficient (Wildman–Crippen LogP) is 2.17. The topological polar surface area (TPSA) is 60.4 Å². The van der Waals surface area contributed by atoms with Crippen molar-refractivity contribution in [3.63, 3.8) is 0 Å². The zero-order valence-electron chi connectivity index (χ0n) is 12.7. The Balaban J connectivity index is 1.54. The van der Waals surface area contributed by atoms with Gasteiger partial charge in [-0.3, -0.25) is 4.79 Å². The van der Waals surface area contributed by atoms with E-state index in [0.29, 0.717) is 11.5 Å². The van der Waals surface area contributed by atoms with Gasteiger partial charge in [0.2, 0.25) is 6.79 Å². The van der Waals surface area contributed by atoms with Crippen LogP contribution in [0.25, 0.3) is 0 Å². The largest absolute Gasteiger partial charge is 0.454 e. The fourth-order valence-corrected chi connectivity index (χ4v) is 2.59. The summed E-state index contributed by atoms with van der Waals surface area (Å²) < 4.78 is 10.6. The third kappa shape index (κ3) is 3.32. The van der Waals surface area contributed by atoms with Gasteiger partial charge in [-0.1, -0.05) is 5.16 Å². The quantitative estimate of drug-likeness (QED) is 0.632. The number of likely N-dealkylation sites (tertiary alicyclic amines) is 1. The summed E-state index contributed by atoms with van der Waals surface area (Å²) in [6.07, 6.45) is 3.35. The van der Waals surface area contributed by atoms with Crippen LogP contribution in [0.2, 0.25) is 0 Å². The zero-order valence-corrected chi connectivity index (χ0v) is 12.7. The maximum Gasteiger partial charge on any atom is 0.263 e. The van der Waals surface area contributed by atoms with Crippen molar-refractivity contribution in [2.75, 3.05) is 26.5 Å². The molecule has 1 fully saturated rings. The summed E-state index contributed by atoms with van der Waals surface area (Å²) in [5.41, 5.74) is 1.58. The monoisotopic (exact) mass is 304 g/mol. The van der Waals surface area contributed by atoms with E-state index >= 15 is 0 Å². The van der Waals surface area contributed by atoms with E-state index in [2.05, 4.69) is 5.16 Å². The first-order valence-electron chi connectivity index (χ1n) is 7.58. The van der Waals surface area contributed by atoms with E-state index in [9.17, 15) is 4.79 Å². The Morgan fingerprint density at radius 1 is 1.23 bits per heavy atom. The van der Waals surface area contributed by atoms with Crippen molar-refractivity contribution in [2.24, 2.45) is 5.16 Å². The Morgan fingerprint density at radius 3 is 2.82 bits per heavy atom. The number of nitrogens with zero attached hydrogens (tertiary/aromatic N) is 2. The Morgan fingerprint density at radius 2 is 2.00 bits per heavy atom. The molecule has 0 unspecified atom stereocenters. The van der Waals surface area contributed by atoms with E-state index in [-0.39, 0.29) is 19.3 Å². The number of fused-ring (bicyclic) bond motifs is 1. The average Bonchev–Trinajstić information content (AvgIpc) is 3.03. The summed E-state index contributed by atoms with van der Waals surface area (Å²) in [5.74, 6) is 1.44. The number of amides is 1. The third-order valence-electron chi connectivity index (χ3n) is 3.89. The van der Waals surface area contributed by atoms with Crippen LogP contribution in [-0.2, 0) is 9.63 Å². The number of ether oxygens (including phenoxy) is 2. The van der Waals surface area contributed by atoms with Crippen LogP contribution >= 0.6 is 0 Å². The van der Waals surface area contributed by atoms with Gasteiger partial charge in [0.05, 0.1) is 5.71 Å². The maximum atomic E-state index is 12.0. The van der Waals surface area contributed by atoms with E-state index in [1.807, 2.05) is 30.0 Å². The Bertz CT molecular complexity index is 580. The fraction of sp³-hybridized carbons (Fsp3) is 0.500. The van der Waals surface area contributed by atoms with E-state index in [0.717, 1.165) is 37.2 Å². The number of rotatable bonds is 4. The molecular weight excluding hydrogens is 284 g/mol. The summed E-state index contributed by atoms with van der Waals surface area (Å²) in [7, 11) is 0. The highest BCUT2D eigenvalue weighted by atomic mass is 16.7. The maximum absolute atomic E-state index is 12.0. The lowest BCUT2D eigenvalue weighted by Crippen LogP contribution is -2.37. The van der Waals surface area contributed by atoms with E-state index < -0.39 is 0 Å². The standard InChI is InChI=1S/C16H20N2O4/c1-12(13-5-6-14-15(9-13)21-11-20-14)17-22-10-16(19)18-7-3-2-4-8-18/h5-6,9H,2-4,7-8,10-11H2,1H3/b17-12+. The van der Waals surface area contributed by atoms with E-state index in [1.54, 1.807) is 0 Å². The summed E-state index contributed by atoms with van der Waals surface area (Å²) in [4.78, 5) is 19.0. The average molecular weight is 304 g/mol. The van der Waals surface area contributed by atoms with Gasteiger partial charge in [-0.15, -0.1) is 0 Å². The number of carbonyl (C=O) groups excluding carboxylic acids is 1. The molecule has 6 heteroatoms. The highest BCUT2D eigenvalue weighted by Gasteiger charge is 2.17. The predicted molar refractivity (Wildman–Crippen MR) is 81.2 cm³/mol. The van der Waals surface area contributed by atoms with Crippen molar-refractivity contribution in [1.29, 1.82) is 0 Å². The van der Waals surface area contributed by atoms with Crippen molar-refractivity contribution >= 4 is 11.6 Å². The zero-order chi connectivity index (χ0) is 15.4. The van der Waals surface area contributed by atoms with Crippen LogP contribution in [-0.4, -0.2) is 43.0 Å². The molecule has 3 rings (SSSR count). The molecular formula is C16H20N2O4. The number of oxime groups is 1. The van der Waals surface area contributed by atoms with E-state index in [4.69, 9.17) is 14.3 Å². The molecule has 0 N–H and O–H groups in total. The molecule has 0 atom stereocenters. The second-order valence-corrected chi connectivity index (χ2v) is 5.46. The molecule has 0 radical (unpaired) electrons. The summed E-state index contributed by atoms with van der Waals surface area (Å²) >= 11 is 0. The molecule has 2 aliphatic heterocycles. The Labute approximate surface area is 129 Å². The Hall–Kier alpha value is -2.24. The van der Waals surface area contributed by atoms with Gasteiger partial charge in [-0.05, 0) is 44.4 Å². The number of benzene rings is 1. The number of carbonyl (C=O) groups is 1. The first kappa shape index (κ1) is 14.7. The van der Waals surface area contributed by atoms with Crippen LogP contribution in [0.1, 0.15) is 31.7 Å². The summed E-state index contributed by atoms with van der Waals surface area (Å²) in [6.45, 7) is 3.72. The molecule has 1 amide bonds. The van der Waals surface area contributed by atoms with Crippen LogP contribution in [0.4, 0.5) is 0 Å². The summed E-state index contributed by atoms with van der Waals surface area (Å²) in [5, 5.41) is 4.03. The fourth-order valence-electron chi connectivity index (χ4n) is 2.59. The van der Waals surface area contributed by atoms with Crippen LogP contribution in [0.3, 0.4) is 0 Å². The van der Waals surface area contributed by atoms with Gasteiger partial charge in [0.1, 0.15) is 0 Å². The molecule has 0 aromatic heterocycles. The molecule has 22 heavy (non-hydrogen) atoms. The molecule has 118 valence electrons. The molecule has 6 nitrogen and oxygen atoms in total. The van der Waals surface area contributed by atoms with Gasteiger partial charge in [-0.2, -0.15) is 0 Å². The van der Waals surface area contributed by atoms with E-state index in [1.165, 1.54) is 6.42 Å². The Kier molecular flexibility index (Phi) is 4.46. The smallest absolute Gasteiger partial charge is 0.263 e.